The fraction of sp³-hybridized carbons (Fsp3) is 0.480. The number of carbonyl (C=O) groups is 2. The van der Waals surface area contributed by atoms with E-state index in [1.165, 1.54) is 7.11 Å². The Morgan fingerprint density at radius 3 is 2.79 bits per heavy atom. The Morgan fingerprint density at radius 1 is 1.37 bits per heavy atom. The lowest BCUT2D eigenvalue weighted by atomic mass is 9.67. The Labute approximate surface area is 223 Å². The van der Waals surface area contributed by atoms with Crippen LogP contribution in [0.15, 0.2) is 18.2 Å². The number of nitro groups is 1. The number of ether oxygens (including phenoxy) is 1. The van der Waals surface area contributed by atoms with Gasteiger partial charge in [-0.1, -0.05) is 23.8 Å². The van der Waals surface area contributed by atoms with Crippen molar-refractivity contribution in [2.24, 2.45) is 0 Å². The SMILES string of the molecule is COC(=O)C1(Cc2nc(Cl)nc(N3CCN(C(=O)O)[C@@H](CC#N)C3)c2[N+](=O)[O-])CCCc2ccc(C)cc21. The van der Waals surface area contributed by atoms with Crippen LogP contribution < -0.4 is 4.90 Å². The maximum Gasteiger partial charge on any atom is 0.407 e. The molecule has 4 rings (SSSR count). The number of halogens is 1. The van der Waals surface area contributed by atoms with Crippen LogP contribution in [0.1, 0.15) is 41.6 Å². The molecule has 1 fully saturated rings. The first kappa shape index (κ1) is 27.1. The molecule has 0 spiro atoms. The number of amides is 1. The maximum absolute atomic E-state index is 13.4. The number of rotatable bonds is 6. The van der Waals surface area contributed by atoms with E-state index in [4.69, 9.17) is 16.3 Å². The van der Waals surface area contributed by atoms with Crippen molar-refractivity contribution in [3.05, 3.63) is 56.0 Å². The van der Waals surface area contributed by atoms with Gasteiger partial charge in [0.2, 0.25) is 11.1 Å². The average molecular weight is 543 g/mol. The summed E-state index contributed by atoms with van der Waals surface area (Å²) in [5.74, 6) is -0.586. The molecule has 2 atom stereocenters. The Hall–Kier alpha value is -3.98. The monoisotopic (exact) mass is 542 g/mol. The van der Waals surface area contributed by atoms with Crippen LogP contribution in [0.4, 0.5) is 16.3 Å². The standard InChI is InChI=1S/C25H27ClN6O6/c1-15-5-6-16-4-3-8-25(18(16)12-15,22(33)38-2)13-19-20(32(36)37)21(29-23(26)28-19)30-10-11-31(24(34)35)17(14-30)7-9-27/h5-6,12,17H,3-4,7-8,10-11,13-14H2,1-2H3,(H,34,35)/t17-,25?/m0/s1. The Morgan fingerprint density at radius 2 is 2.13 bits per heavy atom. The number of esters is 1. The summed E-state index contributed by atoms with van der Waals surface area (Å²) in [5.41, 5.74) is 1.04. The van der Waals surface area contributed by atoms with E-state index in [2.05, 4.69) is 9.97 Å². The summed E-state index contributed by atoms with van der Waals surface area (Å²) in [4.78, 5) is 47.9. The minimum Gasteiger partial charge on any atom is -0.468 e. The van der Waals surface area contributed by atoms with Gasteiger partial charge in [-0.05, 0) is 48.9 Å². The highest BCUT2D eigenvalue weighted by Gasteiger charge is 2.47. The summed E-state index contributed by atoms with van der Waals surface area (Å²) in [5, 5.41) is 30.9. The highest BCUT2D eigenvalue weighted by atomic mass is 35.5. The second-order valence-corrected chi connectivity index (χ2v) is 9.91. The molecule has 38 heavy (non-hydrogen) atoms. The second-order valence-electron chi connectivity index (χ2n) is 9.57. The van der Waals surface area contributed by atoms with Crippen molar-refractivity contribution >= 4 is 35.2 Å². The maximum atomic E-state index is 13.4. The van der Waals surface area contributed by atoms with Crippen LogP contribution in [0.3, 0.4) is 0 Å². The van der Waals surface area contributed by atoms with Crippen molar-refractivity contribution in [1.82, 2.24) is 14.9 Å². The number of anilines is 1. The van der Waals surface area contributed by atoms with E-state index in [1.54, 1.807) is 4.90 Å². The lowest BCUT2D eigenvalue weighted by Crippen LogP contribution is -2.55. The van der Waals surface area contributed by atoms with Crippen LogP contribution in [-0.2, 0) is 27.8 Å². The zero-order valence-corrected chi connectivity index (χ0v) is 21.8. The van der Waals surface area contributed by atoms with Gasteiger partial charge in [-0.15, -0.1) is 0 Å². The van der Waals surface area contributed by atoms with Crippen molar-refractivity contribution < 1.29 is 24.4 Å². The smallest absolute Gasteiger partial charge is 0.407 e. The van der Waals surface area contributed by atoms with Gasteiger partial charge in [0.25, 0.3) is 0 Å². The number of aryl methyl sites for hydroxylation is 2. The van der Waals surface area contributed by atoms with Crippen molar-refractivity contribution in [3.8, 4) is 6.07 Å². The van der Waals surface area contributed by atoms with Gasteiger partial charge in [-0.3, -0.25) is 14.9 Å². The van der Waals surface area contributed by atoms with Crippen molar-refractivity contribution in [2.45, 2.75) is 50.5 Å². The van der Waals surface area contributed by atoms with Crippen molar-refractivity contribution in [1.29, 1.82) is 5.26 Å². The number of methoxy groups -OCH3 is 1. The molecule has 200 valence electrons. The molecule has 0 bridgehead atoms. The number of aromatic nitrogens is 2. The number of hydrogen-bond donors (Lipinski definition) is 1. The lowest BCUT2D eigenvalue weighted by Gasteiger charge is -2.39. The van der Waals surface area contributed by atoms with Gasteiger partial charge in [0.05, 0.1) is 36.0 Å². The number of benzene rings is 1. The van der Waals surface area contributed by atoms with E-state index in [9.17, 15) is 30.1 Å². The van der Waals surface area contributed by atoms with Crippen LogP contribution >= 0.6 is 11.6 Å². The summed E-state index contributed by atoms with van der Waals surface area (Å²) in [6, 6.07) is 7.10. The minimum absolute atomic E-state index is 0.0116. The fourth-order valence-corrected chi connectivity index (χ4v) is 5.77. The van der Waals surface area contributed by atoms with Gasteiger partial charge in [0.1, 0.15) is 5.69 Å². The topological polar surface area (TPSA) is 163 Å². The molecule has 1 aliphatic carbocycles. The molecule has 2 aliphatic rings. The zero-order chi connectivity index (χ0) is 27.6. The number of nitrogens with zero attached hydrogens (tertiary/aromatic N) is 6. The summed E-state index contributed by atoms with van der Waals surface area (Å²) < 4.78 is 5.23. The highest BCUT2D eigenvalue weighted by Crippen LogP contribution is 2.44. The van der Waals surface area contributed by atoms with Crippen molar-refractivity contribution in [3.63, 3.8) is 0 Å². The molecule has 1 amide bonds. The normalized spacial score (nSPS) is 20.8. The van der Waals surface area contributed by atoms with Crippen LogP contribution in [0, 0.1) is 28.4 Å². The molecule has 1 aliphatic heterocycles. The largest absolute Gasteiger partial charge is 0.468 e. The molecule has 1 N–H and O–H groups in total. The first-order valence-electron chi connectivity index (χ1n) is 12.1. The molecule has 2 aromatic rings. The van der Waals surface area contributed by atoms with Crippen LogP contribution in [0.5, 0.6) is 0 Å². The minimum atomic E-state index is -1.21. The number of hydrogen-bond acceptors (Lipinski definition) is 9. The molecular formula is C25H27ClN6O6. The molecule has 1 saturated heterocycles. The van der Waals surface area contributed by atoms with E-state index in [0.29, 0.717) is 12.8 Å². The van der Waals surface area contributed by atoms with E-state index in [1.807, 2.05) is 31.2 Å². The summed E-state index contributed by atoms with van der Waals surface area (Å²) in [6.07, 6.45) is 0.457. The summed E-state index contributed by atoms with van der Waals surface area (Å²) in [7, 11) is 1.29. The van der Waals surface area contributed by atoms with E-state index in [0.717, 1.165) is 28.0 Å². The number of carbonyl (C=O) groups excluding carboxylic acids is 1. The highest BCUT2D eigenvalue weighted by molar-refractivity contribution is 6.28. The molecule has 1 unspecified atom stereocenters. The van der Waals surface area contributed by atoms with Gasteiger partial charge in [0, 0.05) is 26.1 Å². The third kappa shape index (κ3) is 4.93. The molecule has 1 aromatic carbocycles. The van der Waals surface area contributed by atoms with Gasteiger partial charge < -0.3 is 19.6 Å². The number of nitriles is 1. The Kier molecular flexibility index (Phi) is 7.68. The first-order valence-corrected chi connectivity index (χ1v) is 12.5. The predicted octanol–water partition coefficient (Wildman–Crippen LogP) is 3.42. The summed E-state index contributed by atoms with van der Waals surface area (Å²) in [6.45, 7) is 2.05. The predicted molar refractivity (Wildman–Crippen MR) is 136 cm³/mol. The fourth-order valence-electron chi connectivity index (χ4n) is 5.59. The number of piperazine rings is 1. The summed E-state index contributed by atoms with van der Waals surface area (Å²) >= 11 is 6.28. The first-order chi connectivity index (χ1) is 18.1. The average Bonchev–Trinajstić information content (AvgIpc) is 2.88. The zero-order valence-electron chi connectivity index (χ0n) is 21.0. The van der Waals surface area contributed by atoms with E-state index < -0.39 is 34.1 Å². The second kappa shape index (κ2) is 10.8. The molecular weight excluding hydrogens is 516 g/mol. The van der Waals surface area contributed by atoms with Gasteiger partial charge in [-0.25, -0.2) is 9.78 Å². The number of carboxylic acid groups (broad SMARTS) is 1. The van der Waals surface area contributed by atoms with Gasteiger partial charge >= 0.3 is 17.7 Å². The number of fused-ring (bicyclic) bond motifs is 1. The van der Waals surface area contributed by atoms with Crippen LogP contribution in [0.25, 0.3) is 0 Å². The van der Waals surface area contributed by atoms with Gasteiger partial charge in [-0.2, -0.15) is 10.2 Å². The molecule has 1 aromatic heterocycles. The van der Waals surface area contributed by atoms with Gasteiger partial charge in [0.15, 0.2) is 0 Å². The Bertz CT molecular complexity index is 1330. The molecule has 12 nitrogen and oxygen atoms in total. The molecule has 13 heteroatoms. The van der Waals surface area contributed by atoms with E-state index in [-0.39, 0.29) is 49.3 Å². The quantitative estimate of drug-likeness (QED) is 0.247. The Balaban J connectivity index is 1.83. The third-order valence-corrected chi connectivity index (χ3v) is 7.49. The van der Waals surface area contributed by atoms with E-state index >= 15 is 0 Å². The van der Waals surface area contributed by atoms with Crippen LogP contribution in [0.2, 0.25) is 5.28 Å². The molecule has 0 saturated carbocycles. The van der Waals surface area contributed by atoms with Crippen LogP contribution in [-0.4, -0.2) is 69.7 Å². The lowest BCUT2D eigenvalue weighted by molar-refractivity contribution is -0.385. The molecule has 0 radical (unpaired) electrons. The third-order valence-electron chi connectivity index (χ3n) is 7.32. The van der Waals surface area contributed by atoms with Crippen molar-refractivity contribution in [2.75, 3.05) is 31.6 Å². The molecule has 2 heterocycles.